The van der Waals surface area contributed by atoms with Crippen LogP contribution in [0.5, 0.6) is 0 Å². The number of fused-ring (bicyclic) bond motifs is 6. The molecule has 0 spiro atoms. The number of aryl methyl sites for hydroxylation is 4. The largest absolute Gasteiger partial charge is 0.135 e. The van der Waals surface area contributed by atoms with Gasteiger partial charge in [-0.1, -0.05) is 253 Å². The first kappa shape index (κ1) is 54.3. The van der Waals surface area contributed by atoms with Crippen LogP contribution in [0.15, 0.2) is 213 Å². The Morgan fingerprint density at radius 2 is 0.986 bits per heavy atom. The lowest BCUT2D eigenvalue weighted by atomic mass is 9.82. The van der Waals surface area contributed by atoms with E-state index in [1.807, 2.05) is 45.1 Å². The van der Waals surface area contributed by atoms with Crippen molar-refractivity contribution in [3.63, 3.8) is 0 Å². The average molecular weight is 961 g/mol. The van der Waals surface area contributed by atoms with Crippen LogP contribution >= 0.6 is 11.3 Å². The summed E-state index contributed by atoms with van der Waals surface area (Å²) in [6, 6.07) is 61.9. The fourth-order valence-corrected chi connectivity index (χ4v) is 11.0. The van der Waals surface area contributed by atoms with Crippen LogP contribution in [0.25, 0.3) is 70.3 Å². The van der Waals surface area contributed by atoms with Gasteiger partial charge in [0.15, 0.2) is 0 Å². The third kappa shape index (κ3) is 12.2. The zero-order valence-electron chi connectivity index (χ0n) is 45.2. The van der Waals surface area contributed by atoms with Crippen molar-refractivity contribution < 1.29 is 0 Å². The van der Waals surface area contributed by atoms with Gasteiger partial charge in [0.05, 0.1) is 0 Å². The fourth-order valence-electron chi connectivity index (χ4n) is 9.80. The number of hydrogen-bond donors (Lipinski definition) is 0. The summed E-state index contributed by atoms with van der Waals surface area (Å²) < 4.78 is 2.73. The van der Waals surface area contributed by atoms with Crippen LogP contribution < -0.4 is 0 Å². The van der Waals surface area contributed by atoms with E-state index in [9.17, 15) is 0 Å². The summed E-state index contributed by atoms with van der Waals surface area (Å²) >= 11 is 1.90. The molecule has 1 heterocycles. The second-order valence-corrected chi connectivity index (χ2v) is 19.9. The van der Waals surface area contributed by atoms with Gasteiger partial charge in [-0.15, -0.1) is 11.3 Å². The minimum absolute atomic E-state index is 0.152. The molecule has 0 fully saturated rings. The number of benzene rings is 8. The molecule has 0 radical (unpaired) electrons. The summed E-state index contributed by atoms with van der Waals surface area (Å²) in [7, 11) is 0. The van der Waals surface area contributed by atoms with Crippen molar-refractivity contribution in [2.75, 3.05) is 0 Å². The van der Waals surface area contributed by atoms with E-state index in [4.69, 9.17) is 0 Å². The second kappa shape index (κ2) is 25.4. The Balaban J connectivity index is 0.000000188. The van der Waals surface area contributed by atoms with Gasteiger partial charge in [0.2, 0.25) is 0 Å². The molecule has 0 saturated carbocycles. The summed E-state index contributed by atoms with van der Waals surface area (Å²) in [6.07, 6.45) is 10.2. The summed E-state index contributed by atoms with van der Waals surface area (Å²) in [6.45, 7) is 32.6. The molecule has 1 aromatic heterocycles. The molecule has 8 aromatic carbocycles. The van der Waals surface area contributed by atoms with Gasteiger partial charge in [0.25, 0.3) is 0 Å². The molecule has 0 saturated heterocycles. The van der Waals surface area contributed by atoms with Crippen LogP contribution in [-0.2, 0) is 5.41 Å². The van der Waals surface area contributed by atoms with Crippen molar-refractivity contribution in [1.82, 2.24) is 0 Å². The third-order valence-corrected chi connectivity index (χ3v) is 14.7. The lowest BCUT2D eigenvalue weighted by Gasteiger charge is -2.21. The molecule has 0 N–H and O–H groups in total. The van der Waals surface area contributed by atoms with E-state index in [1.54, 1.807) is 12.2 Å². The van der Waals surface area contributed by atoms with Crippen molar-refractivity contribution >= 4 is 37.1 Å². The highest BCUT2D eigenvalue weighted by Crippen LogP contribution is 2.49. The van der Waals surface area contributed by atoms with Crippen molar-refractivity contribution in [2.45, 2.75) is 101 Å². The molecule has 0 bridgehead atoms. The molecule has 9 aromatic rings. The predicted octanol–water partition coefficient (Wildman–Crippen LogP) is 21.8. The molecule has 1 heteroatoms. The van der Waals surface area contributed by atoms with Gasteiger partial charge in [-0.25, -0.2) is 0 Å². The first-order valence-electron chi connectivity index (χ1n) is 26.0. The smallest absolute Gasteiger partial charge is 0.0361 e. The summed E-state index contributed by atoms with van der Waals surface area (Å²) in [5.74, 6) is 0. The molecule has 0 aliphatic heterocycles. The van der Waals surface area contributed by atoms with Crippen LogP contribution in [0.3, 0.4) is 0 Å². The minimum Gasteiger partial charge on any atom is -0.135 e. The molecule has 2 aliphatic carbocycles. The van der Waals surface area contributed by atoms with Crippen molar-refractivity contribution in [3.05, 3.63) is 257 Å². The third-order valence-electron chi connectivity index (χ3n) is 13.6. The van der Waals surface area contributed by atoms with Gasteiger partial charge in [0.1, 0.15) is 0 Å². The van der Waals surface area contributed by atoms with E-state index in [2.05, 4.69) is 244 Å². The normalized spacial score (nSPS) is 12.4. The Kier molecular flexibility index (Phi) is 19.1. The van der Waals surface area contributed by atoms with Crippen molar-refractivity contribution in [2.24, 2.45) is 0 Å². The van der Waals surface area contributed by atoms with Gasteiger partial charge in [-0.3, -0.25) is 0 Å². The molecule has 366 valence electrons. The molecule has 0 nitrogen and oxygen atoms in total. The highest BCUT2D eigenvalue weighted by atomic mass is 32.1. The maximum atomic E-state index is 3.36. The van der Waals surface area contributed by atoms with E-state index >= 15 is 0 Å². The lowest BCUT2D eigenvalue weighted by Crippen LogP contribution is -2.14. The Bertz CT molecular complexity index is 3320. The Morgan fingerprint density at radius 3 is 1.65 bits per heavy atom. The minimum atomic E-state index is 0.152. The summed E-state index contributed by atoms with van der Waals surface area (Å²) in [5, 5.41) is 2.71. The maximum absolute atomic E-state index is 3.36. The Hall–Kier alpha value is -7.06. The highest BCUT2D eigenvalue weighted by Gasteiger charge is 2.34. The predicted molar refractivity (Wildman–Crippen MR) is 324 cm³/mol. The SMILES string of the molecule is C=CC=C.CC.CC.CC1=C(c2ccc(-c3ccc4c(c3)sc3cc(C)ccc34)c(-c3ccccc3C)c2C)C=CCC1.Cc1ccc(-c2ccccc2)cc1.Cc1ccc2c(c1)-c1ccccc1C2(C)C. The summed E-state index contributed by atoms with van der Waals surface area (Å²) in [4.78, 5) is 0. The van der Waals surface area contributed by atoms with Gasteiger partial charge in [0, 0.05) is 25.6 Å². The van der Waals surface area contributed by atoms with Crippen LogP contribution in [0, 0.1) is 34.6 Å². The van der Waals surface area contributed by atoms with Crippen LogP contribution in [-0.4, -0.2) is 0 Å². The van der Waals surface area contributed by atoms with Crippen LogP contribution in [0.2, 0.25) is 0 Å². The van der Waals surface area contributed by atoms with Crippen LogP contribution in [0.4, 0.5) is 0 Å². The highest BCUT2D eigenvalue weighted by molar-refractivity contribution is 7.25. The number of thiophene rings is 1. The first-order valence-corrected chi connectivity index (χ1v) is 26.8. The first-order chi connectivity index (χ1) is 34.9. The molecule has 0 atom stereocenters. The van der Waals surface area contributed by atoms with E-state index in [1.165, 1.54) is 120 Å². The van der Waals surface area contributed by atoms with Gasteiger partial charge in [-0.2, -0.15) is 0 Å². The summed E-state index contributed by atoms with van der Waals surface area (Å²) in [5.41, 5.74) is 24.6. The van der Waals surface area contributed by atoms with Gasteiger partial charge in [-0.05, 0) is 150 Å². The van der Waals surface area contributed by atoms with Crippen LogP contribution in [0.1, 0.15) is 106 Å². The molecule has 72 heavy (non-hydrogen) atoms. The molecule has 11 rings (SSSR count). The van der Waals surface area contributed by atoms with Gasteiger partial charge < -0.3 is 0 Å². The molecule has 0 unspecified atom stereocenters. The monoisotopic (exact) mass is 961 g/mol. The zero-order chi connectivity index (χ0) is 52.0. The van der Waals surface area contributed by atoms with E-state index in [-0.39, 0.29) is 5.41 Å². The van der Waals surface area contributed by atoms with E-state index in [0.29, 0.717) is 0 Å². The standard InChI is InChI=1S/C34H30S.C16H16.C13H12.C4H6.2C2H6/c1-21-13-15-30-31-16-14-25(20-33(31)35-32(30)19-21)29-18-17-28(26-11-7-5-9-22(26)2)24(4)34(29)27-12-8-6-10-23(27)3;1-11-8-9-15-13(10-11)12-6-4-5-7-14(12)16(15,2)3;1-11-7-9-13(10-8-11)12-5-3-2-4-6-12;1-3-4-2;2*1-2/h6-8,10-20H,5,9H2,1-4H3;4-10H,1-3H3;2-10H,1H3;3-4H,1-2H2;2*1-2H3. The number of allylic oxidation sites excluding steroid dienone is 6. The Labute approximate surface area is 437 Å². The topological polar surface area (TPSA) is 0 Å². The molecule has 0 amide bonds. The quantitative estimate of drug-likeness (QED) is 0.151. The Morgan fingerprint density at radius 1 is 0.458 bits per heavy atom. The maximum Gasteiger partial charge on any atom is 0.0361 e. The van der Waals surface area contributed by atoms with E-state index in [0.717, 1.165) is 12.8 Å². The van der Waals surface area contributed by atoms with Crippen molar-refractivity contribution in [3.8, 4) is 44.5 Å². The van der Waals surface area contributed by atoms with E-state index < -0.39 is 0 Å². The number of hydrogen-bond acceptors (Lipinski definition) is 1. The fraction of sp³-hybridized carbons (Fsp3) is 0.211. The average Bonchev–Trinajstić information content (AvgIpc) is 3.88. The molecular weight excluding hydrogens is 885 g/mol. The second-order valence-electron chi connectivity index (χ2n) is 18.8. The van der Waals surface area contributed by atoms with Gasteiger partial charge >= 0.3 is 0 Å². The zero-order valence-corrected chi connectivity index (χ0v) is 46.0. The lowest BCUT2D eigenvalue weighted by molar-refractivity contribution is 0.660. The molecule has 2 aliphatic rings. The number of rotatable bonds is 5. The van der Waals surface area contributed by atoms with Crippen molar-refractivity contribution in [1.29, 1.82) is 0 Å². The molecular formula is C71H76S.